The van der Waals surface area contributed by atoms with Crippen LogP contribution in [0.4, 0.5) is 5.69 Å². The molecule has 1 aromatic carbocycles. The summed E-state index contributed by atoms with van der Waals surface area (Å²) in [6.45, 7) is 3.28. The molecule has 1 rings (SSSR count). The van der Waals surface area contributed by atoms with Crippen LogP contribution in [-0.2, 0) is 4.79 Å². The molecule has 0 fully saturated rings. The van der Waals surface area contributed by atoms with Gasteiger partial charge in [-0.1, -0.05) is 29.8 Å². The van der Waals surface area contributed by atoms with Gasteiger partial charge in [0.15, 0.2) is 0 Å². The molecule has 0 aliphatic rings. The highest BCUT2D eigenvalue weighted by molar-refractivity contribution is 6.23. The Morgan fingerprint density at radius 2 is 1.92 bits per heavy atom. The highest BCUT2D eigenvalue weighted by atomic mass is 35.5. The van der Waals surface area contributed by atoms with Gasteiger partial charge in [-0.3, -0.25) is 9.69 Å². The lowest BCUT2D eigenvalue weighted by atomic mass is 10.3. The van der Waals surface area contributed by atoms with Gasteiger partial charge in [0.2, 0.25) is 5.91 Å². The third kappa shape index (κ3) is 2.46. The van der Waals surface area contributed by atoms with Crippen molar-refractivity contribution in [3.8, 4) is 0 Å². The first-order chi connectivity index (χ1) is 6.13. The first-order valence-corrected chi connectivity index (χ1v) is 4.55. The van der Waals surface area contributed by atoms with Gasteiger partial charge in [0, 0.05) is 12.6 Å². The summed E-state index contributed by atoms with van der Waals surface area (Å²) in [5, 5.41) is 0. The van der Waals surface area contributed by atoms with Crippen molar-refractivity contribution in [3.63, 3.8) is 0 Å². The maximum atomic E-state index is 11.2. The average Bonchev–Trinajstić information content (AvgIpc) is 2.04. The van der Waals surface area contributed by atoms with E-state index in [9.17, 15) is 4.79 Å². The molecule has 0 radical (unpaired) electrons. The molecule has 0 spiro atoms. The number of amides is 1. The zero-order valence-corrected chi connectivity index (χ0v) is 8.45. The minimum absolute atomic E-state index is 0.0475. The molecular formula is C10H12ClNO. The van der Waals surface area contributed by atoms with E-state index in [-0.39, 0.29) is 11.4 Å². The molecule has 0 aromatic heterocycles. The van der Waals surface area contributed by atoms with E-state index in [4.69, 9.17) is 11.6 Å². The lowest BCUT2D eigenvalue weighted by Gasteiger charge is -2.23. The van der Waals surface area contributed by atoms with Gasteiger partial charge in [-0.2, -0.15) is 0 Å². The molecule has 0 aliphatic carbocycles. The molecule has 0 saturated carbocycles. The number of hydrogen-bond acceptors (Lipinski definition) is 1. The molecule has 2 nitrogen and oxygen atoms in total. The number of benzene rings is 1. The number of halogens is 1. The van der Waals surface area contributed by atoms with Gasteiger partial charge in [0.05, 0.1) is 0 Å². The van der Waals surface area contributed by atoms with Crippen LogP contribution < -0.4 is 4.90 Å². The summed E-state index contributed by atoms with van der Waals surface area (Å²) in [6, 6.07) is 9.39. The lowest BCUT2D eigenvalue weighted by Crippen LogP contribution is -2.33. The highest BCUT2D eigenvalue weighted by Gasteiger charge is 2.15. The topological polar surface area (TPSA) is 20.3 Å². The Morgan fingerprint density at radius 1 is 1.38 bits per heavy atom. The zero-order valence-electron chi connectivity index (χ0n) is 7.70. The van der Waals surface area contributed by atoms with Crippen molar-refractivity contribution in [2.75, 3.05) is 4.90 Å². The normalized spacial score (nSPS) is 12.2. The number of hydrogen-bond donors (Lipinski definition) is 0. The van der Waals surface area contributed by atoms with Gasteiger partial charge in [0.1, 0.15) is 5.50 Å². The number of para-hydroxylation sites is 1. The Kier molecular flexibility index (Phi) is 3.32. The van der Waals surface area contributed by atoms with Crippen molar-refractivity contribution in [2.45, 2.75) is 19.3 Å². The van der Waals surface area contributed by atoms with Crippen molar-refractivity contribution in [2.24, 2.45) is 0 Å². The zero-order chi connectivity index (χ0) is 9.84. The van der Waals surface area contributed by atoms with Gasteiger partial charge < -0.3 is 0 Å². The predicted molar refractivity (Wildman–Crippen MR) is 54.9 cm³/mol. The molecule has 1 atom stereocenters. The standard InChI is InChI=1S/C10H12ClNO/c1-8(11)12(9(2)13)10-6-4-3-5-7-10/h3-8H,1-2H3. The van der Waals surface area contributed by atoms with Crippen molar-refractivity contribution < 1.29 is 4.79 Å². The number of carbonyl (C=O) groups is 1. The van der Waals surface area contributed by atoms with Crippen LogP contribution in [0, 0.1) is 0 Å². The Bertz CT molecular complexity index is 284. The van der Waals surface area contributed by atoms with E-state index in [0.29, 0.717) is 0 Å². The second kappa shape index (κ2) is 4.28. The molecule has 0 saturated heterocycles. The van der Waals surface area contributed by atoms with Gasteiger partial charge in [-0.25, -0.2) is 0 Å². The quantitative estimate of drug-likeness (QED) is 0.527. The van der Waals surface area contributed by atoms with Gasteiger partial charge in [0.25, 0.3) is 0 Å². The van der Waals surface area contributed by atoms with E-state index in [1.54, 1.807) is 11.8 Å². The number of alkyl halides is 1. The van der Waals surface area contributed by atoms with E-state index in [1.165, 1.54) is 6.92 Å². The SMILES string of the molecule is CC(=O)N(c1ccccc1)C(C)Cl. The molecule has 70 valence electrons. The Morgan fingerprint density at radius 3 is 2.31 bits per heavy atom. The maximum absolute atomic E-state index is 11.2. The van der Waals surface area contributed by atoms with E-state index >= 15 is 0 Å². The summed E-state index contributed by atoms with van der Waals surface area (Å²) in [4.78, 5) is 12.8. The molecule has 1 aromatic rings. The summed E-state index contributed by atoms with van der Waals surface area (Å²) in [6.07, 6.45) is 0. The van der Waals surface area contributed by atoms with Crippen LogP contribution in [0.5, 0.6) is 0 Å². The van der Waals surface area contributed by atoms with Gasteiger partial charge in [-0.05, 0) is 19.1 Å². The van der Waals surface area contributed by atoms with Gasteiger partial charge >= 0.3 is 0 Å². The van der Waals surface area contributed by atoms with E-state index < -0.39 is 0 Å². The fourth-order valence-electron chi connectivity index (χ4n) is 1.23. The fourth-order valence-corrected chi connectivity index (χ4v) is 1.48. The number of nitrogens with zero attached hydrogens (tertiary/aromatic N) is 1. The van der Waals surface area contributed by atoms with Crippen LogP contribution in [0.15, 0.2) is 30.3 Å². The number of anilines is 1. The van der Waals surface area contributed by atoms with Crippen LogP contribution in [0.2, 0.25) is 0 Å². The summed E-state index contributed by atoms with van der Waals surface area (Å²) < 4.78 is 0. The number of rotatable bonds is 2. The highest BCUT2D eigenvalue weighted by Crippen LogP contribution is 2.18. The van der Waals surface area contributed by atoms with E-state index in [2.05, 4.69) is 0 Å². The van der Waals surface area contributed by atoms with Gasteiger partial charge in [-0.15, -0.1) is 0 Å². The molecule has 1 unspecified atom stereocenters. The molecule has 13 heavy (non-hydrogen) atoms. The second-order valence-corrected chi connectivity index (χ2v) is 3.43. The minimum atomic E-state index is -0.320. The molecular weight excluding hydrogens is 186 g/mol. The van der Waals surface area contributed by atoms with Crippen molar-refractivity contribution >= 4 is 23.2 Å². The van der Waals surface area contributed by atoms with Crippen molar-refractivity contribution in [1.29, 1.82) is 0 Å². The smallest absolute Gasteiger partial charge is 0.225 e. The third-order valence-corrected chi connectivity index (χ3v) is 1.92. The maximum Gasteiger partial charge on any atom is 0.225 e. The van der Waals surface area contributed by atoms with Crippen LogP contribution in [-0.4, -0.2) is 11.4 Å². The second-order valence-electron chi connectivity index (χ2n) is 2.80. The predicted octanol–water partition coefficient (Wildman–Crippen LogP) is 2.62. The molecule has 0 aliphatic heterocycles. The first kappa shape index (κ1) is 10.1. The molecule has 0 N–H and O–H groups in total. The Hall–Kier alpha value is -1.02. The Labute approximate surface area is 83.1 Å². The summed E-state index contributed by atoms with van der Waals surface area (Å²) >= 11 is 5.88. The molecule has 0 bridgehead atoms. The summed E-state index contributed by atoms with van der Waals surface area (Å²) in [5.74, 6) is -0.0475. The van der Waals surface area contributed by atoms with Crippen molar-refractivity contribution in [3.05, 3.63) is 30.3 Å². The average molecular weight is 198 g/mol. The van der Waals surface area contributed by atoms with E-state index in [0.717, 1.165) is 5.69 Å². The molecule has 1 amide bonds. The Balaban J connectivity index is 2.96. The molecule has 3 heteroatoms. The fraction of sp³-hybridized carbons (Fsp3) is 0.300. The minimum Gasteiger partial charge on any atom is -0.296 e. The summed E-state index contributed by atoms with van der Waals surface area (Å²) in [7, 11) is 0. The van der Waals surface area contributed by atoms with E-state index in [1.807, 2.05) is 30.3 Å². The largest absolute Gasteiger partial charge is 0.296 e. The summed E-state index contributed by atoms with van der Waals surface area (Å²) in [5.41, 5.74) is 0.511. The van der Waals surface area contributed by atoms with Crippen LogP contribution >= 0.6 is 11.6 Å². The lowest BCUT2D eigenvalue weighted by molar-refractivity contribution is -0.116. The van der Waals surface area contributed by atoms with Crippen LogP contribution in [0.3, 0.4) is 0 Å². The number of carbonyl (C=O) groups excluding carboxylic acids is 1. The molecule has 0 heterocycles. The van der Waals surface area contributed by atoms with Crippen LogP contribution in [0.25, 0.3) is 0 Å². The van der Waals surface area contributed by atoms with Crippen molar-refractivity contribution in [1.82, 2.24) is 0 Å². The first-order valence-electron chi connectivity index (χ1n) is 4.12. The monoisotopic (exact) mass is 197 g/mol. The van der Waals surface area contributed by atoms with Crippen LogP contribution in [0.1, 0.15) is 13.8 Å². The third-order valence-electron chi connectivity index (χ3n) is 1.73.